The third kappa shape index (κ3) is 4.60. The minimum atomic E-state index is -1.28. The molecule has 3 N–H and O–H groups in total. The maximum absolute atomic E-state index is 13.5. The molecule has 2 heterocycles. The van der Waals surface area contributed by atoms with E-state index in [1.165, 1.54) is 0 Å². The molecule has 2 aliphatic heterocycles. The second kappa shape index (κ2) is 9.65. The second-order valence-electron chi connectivity index (χ2n) is 8.91. The van der Waals surface area contributed by atoms with Crippen molar-refractivity contribution in [1.82, 2.24) is 4.90 Å². The molecule has 4 rings (SSSR count). The Morgan fingerprint density at radius 1 is 1.09 bits per heavy atom. The zero-order valence-electron chi connectivity index (χ0n) is 18.4. The molecule has 3 aliphatic rings. The standard InChI is InChI=1S/C26H31N3O3/c27-25(32)26(12-4-1-5-14-29-15-10-21(30)11-16-29)13-6-8-22(24(26)31)20-17-19-7-2-3-9-23(19)28-18-20/h2-3,6-9,13,17,28H,1,4-5,10-12,14-16,18H2,(H2,27,32). The molecule has 32 heavy (non-hydrogen) atoms. The number of hydrogen-bond donors (Lipinski definition) is 2. The number of hydrogen-bond acceptors (Lipinski definition) is 5. The highest BCUT2D eigenvalue weighted by Crippen LogP contribution is 2.38. The number of rotatable bonds is 8. The lowest BCUT2D eigenvalue weighted by atomic mass is 9.71. The average Bonchev–Trinajstić information content (AvgIpc) is 2.80. The summed E-state index contributed by atoms with van der Waals surface area (Å²) in [4.78, 5) is 39.7. The molecule has 1 aliphatic carbocycles. The number of para-hydroxylation sites is 1. The molecular formula is C26H31N3O3. The van der Waals surface area contributed by atoms with Crippen LogP contribution < -0.4 is 11.1 Å². The quantitative estimate of drug-likeness (QED) is 0.485. The monoisotopic (exact) mass is 433 g/mol. The van der Waals surface area contributed by atoms with E-state index in [4.69, 9.17) is 5.73 Å². The normalized spacial score (nSPS) is 23.2. The molecule has 1 unspecified atom stereocenters. The van der Waals surface area contributed by atoms with E-state index in [0.717, 1.165) is 55.7 Å². The van der Waals surface area contributed by atoms with Crippen LogP contribution in [0.15, 0.2) is 53.6 Å². The predicted molar refractivity (Wildman–Crippen MR) is 126 cm³/mol. The summed E-state index contributed by atoms with van der Waals surface area (Å²) < 4.78 is 0. The van der Waals surface area contributed by atoms with Crippen LogP contribution >= 0.6 is 0 Å². The molecule has 1 fully saturated rings. The summed E-state index contributed by atoms with van der Waals surface area (Å²) in [6.07, 6.45) is 11.7. The molecule has 1 saturated heterocycles. The maximum Gasteiger partial charge on any atom is 0.235 e. The van der Waals surface area contributed by atoms with Gasteiger partial charge in [-0.2, -0.15) is 0 Å². The van der Waals surface area contributed by atoms with Gasteiger partial charge in [-0.15, -0.1) is 0 Å². The topological polar surface area (TPSA) is 92.5 Å². The number of carbonyl (C=O) groups is 3. The summed E-state index contributed by atoms with van der Waals surface area (Å²) >= 11 is 0. The van der Waals surface area contributed by atoms with E-state index in [9.17, 15) is 14.4 Å². The van der Waals surface area contributed by atoms with E-state index in [0.29, 0.717) is 37.2 Å². The van der Waals surface area contributed by atoms with Crippen LogP contribution in [0.2, 0.25) is 0 Å². The van der Waals surface area contributed by atoms with E-state index in [1.807, 2.05) is 30.3 Å². The van der Waals surface area contributed by atoms with E-state index >= 15 is 0 Å². The number of primary amides is 1. The van der Waals surface area contributed by atoms with Gasteiger partial charge in [-0.05, 0) is 42.7 Å². The molecule has 1 aromatic carbocycles. The minimum Gasteiger partial charge on any atom is -0.380 e. The van der Waals surface area contributed by atoms with Crippen molar-refractivity contribution in [2.45, 2.75) is 38.5 Å². The molecule has 1 aromatic rings. The Morgan fingerprint density at radius 2 is 1.88 bits per heavy atom. The minimum absolute atomic E-state index is 0.200. The lowest BCUT2D eigenvalue weighted by molar-refractivity contribution is -0.135. The Bertz CT molecular complexity index is 997. The highest BCUT2D eigenvalue weighted by atomic mass is 16.2. The number of benzene rings is 1. The molecule has 0 aromatic heterocycles. The van der Waals surface area contributed by atoms with Gasteiger partial charge in [0.05, 0.1) is 0 Å². The fraction of sp³-hybridized carbons (Fsp3) is 0.423. The van der Waals surface area contributed by atoms with E-state index in [2.05, 4.69) is 10.2 Å². The Kier molecular flexibility index (Phi) is 6.70. The number of anilines is 1. The van der Waals surface area contributed by atoms with Crippen molar-refractivity contribution in [1.29, 1.82) is 0 Å². The van der Waals surface area contributed by atoms with Crippen molar-refractivity contribution in [3.05, 3.63) is 59.2 Å². The molecule has 6 nitrogen and oxygen atoms in total. The molecule has 0 spiro atoms. The number of nitrogens with zero attached hydrogens (tertiary/aromatic N) is 1. The van der Waals surface area contributed by atoms with Gasteiger partial charge in [0.1, 0.15) is 11.2 Å². The van der Waals surface area contributed by atoms with Crippen LogP contribution in [-0.2, 0) is 14.4 Å². The van der Waals surface area contributed by atoms with E-state index < -0.39 is 11.3 Å². The van der Waals surface area contributed by atoms with Crippen molar-refractivity contribution in [2.75, 3.05) is 31.5 Å². The van der Waals surface area contributed by atoms with Gasteiger partial charge in [0, 0.05) is 43.7 Å². The SMILES string of the molecule is NC(=O)C1(CCCCCN2CCC(=O)CC2)C=CC=C(C2=Cc3ccccc3NC2)C1=O. The molecule has 0 bridgehead atoms. The van der Waals surface area contributed by atoms with Crippen LogP contribution in [0.1, 0.15) is 44.1 Å². The summed E-state index contributed by atoms with van der Waals surface area (Å²) in [5.74, 6) is -0.430. The third-order valence-corrected chi connectivity index (χ3v) is 6.80. The fourth-order valence-electron chi connectivity index (χ4n) is 4.80. The number of ketones is 2. The number of nitrogens with two attached hydrogens (primary N) is 1. The van der Waals surface area contributed by atoms with Crippen molar-refractivity contribution >= 4 is 29.2 Å². The first kappa shape index (κ1) is 22.2. The van der Waals surface area contributed by atoms with E-state index in [-0.39, 0.29) is 5.78 Å². The van der Waals surface area contributed by atoms with E-state index in [1.54, 1.807) is 18.2 Å². The maximum atomic E-state index is 13.5. The number of allylic oxidation sites excluding steroid dienone is 2. The fourth-order valence-corrected chi connectivity index (χ4v) is 4.80. The first-order valence-corrected chi connectivity index (χ1v) is 11.5. The molecule has 0 radical (unpaired) electrons. The number of amides is 1. The second-order valence-corrected chi connectivity index (χ2v) is 8.91. The van der Waals surface area contributed by atoms with Gasteiger partial charge in [0.15, 0.2) is 5.78 Å². The first-order chi connectivity index (χ1) is 15.5. The number of piperidine rings is 1. The van der Waals surface area contributed by atoms with Crippen molar-refractivity contribution < 1.29 is 14.4 Å². The number of nitrogens with one attached hydrogen (secondary N) is 1. The molecule has 1 atom stereocenters. The Hall–Kier alpha value is -2.99. The van der Waals surface area contributed by atoms with Crippen LogP contribution in [0.3, 0.4) is 0 Å². The molecule has 0 saturated carbocycles. The lowest BCUT2D eigenvalue weighted by Crippen LogP contribution is -2.44. The summed E-state index contributed by atoms with van der Waals surface area (Å²) in [5, 5.41) is 3.35. The number of Topliss-reactive ketones (excluding diaryl/α,β-unsaturated/α-hetero) is 2. The predicted octanol–water partition coefficient (Wildman–Crippen LogP) is 3.26. The summed E-state index contributed by atoms with van der Waals surface area (Å²) in [6, 6.07) is 7.95. The van der Waals surface area contributed by atoms with Crippen molar-refractivity contribution in [2.24, 2.45) is 11.1 Å². The van der Waals surface area contributed by atoms with Crippen molar-refractivity contribution in [3.8, 4) is 0 Å². The van der Waals surface area contributed by atoms with Gasteiger partial charge in [0.25, 0.3) is 0 Å². The Balaban J connectivity index is 1.38. The van der Waals surface area contributed by atoms with Crippen molar-refractivity contribution in [3.63, 3.8) is 0 Å². The summed E-state index contributed by atoms with van der Waals surface area (Å²) in [6.45, 7) is 3.16. The molecule has 1 amide bonds. The van der Waals surface area contributed by atoms with Crippen LogP contribution in [0.5, 0.6) is 0 Å². The van der Waals surface area contributed by atoms with Crippen LogP contribution in [0.25, 0.3) is 6.08 Å². The van der Waals surface area contributed by atoms with Gasteiger partial charge < -0.3 is 16.0 Å². The zero-order valence-corrected chi connectivity index (χ0v) is 18.4. The van der Waals surface area contributed by atoms with Gasteiger partial charge in [-0.3, -0.25) is 14.4 Å². The number of carbonyl (C=O) groups excluding carboxylic acids is 3. The summed E-state index contributed by atoms with van der Waals surface area (Å²) in [5.41, 5.74) is 8.02. The molecule has 6 heteroatoms. The van der Waals surface area contributed by atoms with Crippen LogP contribution in [-0.4, -0.2) is 48.6 Å². The van der Waals surface area contributed by atoms with Gasteiger partial charge in [0.2, 0.25) is 5.91 Å². The highest BCUT2D eigenvalue weighted by molar-refractivity contribution is 6.18. The smallest absolute Gasteiger partial charge is 0.235 e. The van der Waals surface area contributed by atoms with Crippen LogP contribution in [0, 0.1) is 5.41 Å². The average molecular weight is 434 g/mol. The zero-order chi connectivity index (χ0) is 22.6. The first-order valence-electron chi connectivity index (χ1n) is 11.5. The highest BCUT2D eigenvalue weighted by Gasteiger charge is 2.44. The molecular weight excluding hydrogens is 402 g/mol. The number of unbranched alkanes of at least 4 members (excludes halogenated alkanes) is 2. The Labute approximate surface area is 189 Å². The largest absolute Gasteiger partial charge is 0.380 e. The lowest BCUT2D eigenvalue weighted by Gasteiger charge is -2.31. The number of fused-ring (bicyclic) bond motifs is 1. The van der Waals surface area contributed by atoms with Gasteiger partial charge in [-0.1, -0.05) is 49.3 Å². The summed E-state index contributed by atoms with van der Waals surface area (Å²) in [7, 11) is 0. The van der Waals surface area contributed by atoms with Gasteiger partial charge >= 0.3 is 0 Å². The molecule has 168 valence electrons. The third-order valence-electron chi connectivity index (χ3n) is 6.80. The van der Waals surface area contributed by atoms with Gasteiger partial charge in [-0.25, -0.2) is 0 Å². The van der Waals surface area contributed by atoms with Crippen LogP contribution in [0.4, 0.5) is 5.69 Å². The Morgan fingerprint density at radius 3 is 2.66 bits per heavy atom. The number of likely N-dealkylation sites (tertiary alicyclic amines) is 1.